The molecule has 0 fully saturated rings. The molecule has 0 amide bonds. The predicted octanol–water partition coefficient (Wildman–Crippen LogP) is 2.08. The summed E-state index contributed by atoms with van der Waals surface area (Å²) < 4.78 is 0. The molecule has 2 heteroatoms. The molecule has 0 aromatic carbocycles. The molecule has 1 heterocycles. The molecule has 1 aromatic heterocycles. The first-order valence-corrected chi connectivity index (χ1v) is 4.67. The van der Waals surface area contributed by atoms with E-state index in [2.05, 4.69) is 18.0 Å². The van der Waals surface area contributed by atoms with E-state index in [-0.39, 0.29) is 0 Å². The van der Waals surface area contributed by atoms with Crippen LogP contribution < -0.4 is 0 Å². The van der Waals surface area contributed by atoms with Gasteiger partial charge in [-0.3, -0.25) is 4.98 Å². The summed E-state index contributed by atoms with van der Waals surface area (Å²) >= 11 is 0. The van der Waals surface area contributed by atoms with Gasteiger partial charge < -0.3 is 0 Å². The average molecular weight is 172 g/mol. The lowest BCUT2D eigenvalue weighted by molar-refractivity contribution is 0.492. The van der Waals surface area contributed by atoms with Gasteiger partial charge in [0.25, 0.3) is 0 Å². The predicted molar refractivity (Wildman–Crippen MR) is 50.1 cm³/mol. The largest absolute Gasteiger partial charge is 0.260 e. The quantitative estimate of drug-likeness (QED) is 0.600. The third-order valence-corrected chi connectivity index (χ3v) is 2.64. The second kappa shape index (κ2) is 3.18. The highest BCUT2D eigenvalue weighted by Crippen LogP contribution is 2.23. The van der Waals surface area contributed by atoms with Crippen molar-refractivity contribution in [3.05, 3.63) is 29.1 Å². The molecule has 1 aliphatic rings. The minimum absolute atomic E-state index is 0.688. The van der Waals surface area contributed by atoms with E-state index in [0.717, 1.165) is 18.8 Å². The number of pyridine rings is 1. The highest BCUT2D eigenvalue weighted by atomic mass is 14.7. The summed E-state index contributed by atoms with van der Waals surface area (Å²) in [4.78, 5) is 4.32. The zero-order valence-electron chi connectivity index (χ0n) is 7.75. The van der Waals surface area contributed by atoms with Crippen molar-refractivity contribution in [1.82, 2.24) is 4.98 Å². The monoisotopic (exact) mass is 172 g/mol. The molecule has 0 saturated heterocycles. The summed E-state index contributed by atoms with van der Waals surface area (Å²) in [5, 5.41) is 8.70. The second-order valence-electron chi connectivity index (χ2n) is 3.79. The smallest absolute Gasteiger partial charge is 0.101 e. The lowest BCUT2D eigenvalue weighted by atomic mass is 9.88. The van der Waals surface area contributed by atoms with Crippen LogP contribution in [-0.4, -0.2) is 4.98 Å². The Balaban J connectivity index is 2.38. The third-order valence-electron chi connectivity index (χ3n) is 2.64. The molecule has 13 heavy (non-hydrogen) atoms. The van der Waals surface area contributed by atoms with E-state index in [9.17, 15) is 0 Å². The van der Waals surface area contributed by atoms with Crippen molar-refractivity contribution in [1.29, 1.82) is 5.26 Å². The summed E-state index contributed by atoms with van der Waals surface area (Å²) in [6, 6.07) is 4.11. The van der Waals surface area contributed by atoms with Crippen molar-refractivity contribution in [2.75, 3.05) is 0 Å². The van der Waals surface area contributed by atoms with E-state index in [1.54, 1.807) is 6.20 Å². The molecule has 0 bridgehead atoms. The zero-order valence-corrected chi connectivity index (χ0v) is 7.75. The van der Waals surface area contributed by atoms with Crippen molar-refractivity contribution >= 4 is 0 Å². The Morgan fingerprint density at radius 1 is 1.62 bits per heavy atom. The molecule has 1 unspecified atom stereocenters. The Morgan fingerprint density at radius 3 is 3.23 bits per heavy atom. The number of fused-ring (bicyclic) bond motifs is 1. The fourth-order valence-electron chi connectivity index (χ4n) is 1.83. The van der Waals surface area contributed by atoms with E-state index in [4.69, 9.17) is 5.26 Å². The highest BCUT2D eigenvalue weighted by molar-refractivity contribution is 5.34. The van der Waals surface area contributed by atoms with Gasteiger partial charge in [0.05, 0.1) is 5.56 Å². The van der Waals surface area contributed by atoms with Crippen LogP contribution in [0.5, 0.6) is 0 Å². The van der Waals surface area contributed by atoms with Gasteiger partial charge in [0.1, 0.15) is 6.07 Å². The molecule has 0 aliphatic heterocycles. The topological polar surface area (TPSA) is 36.7 Å². The molecule has 2 rings (SSSR count). The van der Waals surface area contributed by atoms with E-state index < -0.39 is 0 Å². The van der Waals surface area contributed by atoms with Crippen LogP contribution in [0.4, 0.5) is 0 Å². The number of rotatable bonds is 0. The van der Waals surface area contributed by atoms with E-state index in [1.807, 2.05) is 6.07 Å². The van der Waals surface area contributed by atoms with Gasteiger partial charge in [-0.2, -0.15) is 5.26 Å². The van der Waals surface area contributed by atoms with E-state index in [1.165, 1.54) is 17.7 Å². The molecule has 1 aliphatic carbocycles. The van der Waals surface area contributed by atoms with Crippen molar-refractivity contribution in [2.45, 2.75) is 26.2 Å². The standard InChI is InChI=1S/C11H12N2/c1-8-2-3-10-5-9(6-12)7-13-11(10)4-8/h5,7-8H,2-4H2,1H3. The van der Waals surface area contributed by atoms with Gasteiger partial charge in [-0.15, -0.1) is 0 Å². The fourth-order valence-corrected chi connectivity index (χ4v) is 1.83. The first-order chi connectivity index (χ1) is 6.29. The van der Waals surface area contributed by atoms with Crippen molar-refractivity contribution in [3.63, 3.8) is 0 Å². The Hall–Kier alpha value is -1.36. The van der Waals surface area contributed by atoms with Crippen molar-refractivity contribution < 1.29 is 0 Å². The van der Waals surface area contributed by atoms with E-state index in [0.29, 0.717) is 5.56 Å². The minimum Gasteiger partial charge on any atom is -0.260 e. The number of aromatic nitrogens is 1. The summed E-state index contributed by atoms with van der Waals surface area (Å²) in [7, 11) is 0. The van der Waals surface area contributed by atoms with Crippen molar-refractivity contribution in [3.8, 4) is 6.07 Å². The molecular formula is C11H12N2. The summed E-state index contributed by atoms with van der Waals surface area (Å²) in [5.41, 5.74) is 3.16. The van der Waals surface area contributed by atoms with Gasteiger partial charge in [-0.1, -0.05) is 6.92 Å². The summed E-state index contributed by atoms with van der Waals surface area (Å²) in [5.74, 6) is 0.743. The number of nitrogens with zero attached hydrogens (tertiary/aromatic N) is 2. The van der Waals surface area contributed by atoms with Crippen LogP contribution in [0.15, 0.2) is 12.3 Å². The molecule has 0 saturated carbocycles. The van der Waals surface area contributed by atoms with Crippen LogP contribution in [0.1, 0.15) is 30.2 Å². The lowest BCUT2D eigenvalue weighted by Crippen LogP contribution is -2.13. The second-order valence-corrected chi connectivity index (χ2v) is 3.79. The minimum atomic E-state index is 0.688. The summed E-state index contributed by atoms with van der Waals surface area (Å²) in [6.07, 6.45) is 5.06. The van der Waals surface area contributed by atoms with Crippen LogP contribution >= 0.6 is 0 Å². The van der Waals surface area contributed by atoms with Gasteiger partial charge in [0.2, 0.25) is 0 Å². The van der Waals surface area contributed by atoms with Crippen molar-refractivity contribution in [2.24, 2.45) is 5.92 Å². The van der Waals surface area contributed by atoms with Gasteiger partial charge in [-0.25, -0.2) is 0 Å². The van der Waals surface area contributed by atoms with Crippen LogP contribution in [-0.2, 0) is 12.8 Å². The molecule has 1 atom stereocenters. The van der Waals surface area contributed by atoms with Crippen LogP contribution in [0, 0.1) is 17.2 Å². The third kappa shape index (κ3) is 1.55. The first kappa shape index (κ1) is 8.25. The Kier molecular flexibility index (Phi) is 2.02. The molecular weight excluding hydrogens is 160 g/mol. The molecule has 66 valence electrons. The average Bonchev–Trinajstić information content (AvgIpc) is 2.17. The molecule has 0 radical (unpaired) electrons. The van der Waals surface area contributed by atoms with Crippen LogP contribution in [0.3, 0.4) is 0 Å². The maximum absolute atomic E-state index is 8.70. The lowest BCUT2D eigenvalue weighted by Gasteiger charge is -2.19. The molecule has 0 N–H and O–H groups in total. The maximum Gasteiger partial charge on any atom is 0.101 e. The Bertz CT molecular complexity index is 363. The Morgan fingerprint density at radius 2 is 2.46 bits per heavy atom. The molecule has 0 spiro atoms. The molecule has 2 nitrogen and oxygen atoms in total. The number of nitriles is 1. The normalized spacial score (nSPS) is 20.5. The summed E-state index contributed by atoms with van der Waals surface area (Å²) in [6.45, 7) is 2.25. The number of hydrogen-bond acceptors (Lipinski definition) is 2. The maximum atomic E-state index is 8.70. The number of hydrogen-bond donors (Lipinski definition) is 0. The SMILES string of the molecule is CC1CCc2cc(C#N)cnc2C1. The zero-order chi connectivity index (χ0) is 9.26. The fraction of sp³-hybridized carbons (Fsp3) is 0.455. The Labute approximate surface area is 78.2 Å². The van der Waals surface area contributed by atoms with E-state index >= 15 is 0 Å². The van der Waals surface area contributed by atoms with Crippen LogP contribution in [0.25, 0.3) is 0 Å². The molecule has 1 aromatic rings. The highest BCUT2D eigenvalue weighted by Gasteiger charge is 2.16. The van der Waals surface area contributed by atoms with Crippen LogP contribution in [0.2, 0.25) is 0 Å². The van der Waals surface area contributed by atoms with Gasteiger partial charge in [0.15, 0.2) is 0 Å². The van der Waals surface area contributed by atoms with Gasteiger partial charge in [-0.05, 0) is 36.8 Å². The van der Waals surface area contributed by atoms with Gasteiger partial charge in [0, 0.05) is 11.9 Å². The van der Waals surface area contributed by atoms with Gasteiger partial charge >= 0.3 is 0 Å². The number of aryl methyl sites for hydroxylation is 1. The first-order valence-electron chi connectivity index (χ1n) is 4.67.